The molecule has 0 bridgehead atoms. The summed E-state index contributed by atoms with van der Waals surface area (Å²) in [5.74, 6) is 0. The molecule has 0 fully saturated rings. The van der Waals surface area contributed by atoms with E-state index in [0.717, 1.165) is 12.8 Å². The van der Waals surface area contributed by atoms with E-state index in [9.17, 15) is 0 Å². The van der Waals surface area contributed by atoms with E-state index in [1.54, 1.807) is 11.1 Å². The monoisotopic (exact) mass is 292 g/mol. The fourth-order valence-corrected chi connectivity index (χ4v) is 3.07. The summed E-state index contributed by atoms with van der Waals surface area (Å²) in [6.07, 6.45) is 7.11. The Balaban J connectivity index is 2.25. The van der Waals surface area contributed by atoms with E-state index in [1.807, 2.05) is 0 Å². The van der Waals surface area contributed by atoms with Crippen LogP contribution in [0.15, 0.2) is 71.8 Å². The summed E-state index contributed by atoms with van der Waals surface area (Å²) in [4.78, 5) is 0. The zero-order valence-electron chi connectivity index (χ0n) is 14.0. The van der Waals surface area contributed by atoms with Gasteiger partial charge in [0.15, 0.2) is 0 Å². The highest BCUT2D eigenvalue weighted by atomic mass is 14.1. The van der Waals surface area contributed by atoms with Crippen molar-refractivity contribution >= 4 is 0 Å². The second kappa shape index (κ2) is 9.25. The molecule has 116 valence electrons. The minimum atomic E-state index is 1.11. The van der Waals surface area contributed by atoms with Gasteiger partial charge in [-0.3, -0.25) is 0 Å². The van der Waals surface area contributed by atoms with Gasteiger partial charge in [-0.25, -0.2) is 0 Å². The summed E-state index contributed by atoms with van der Waals surface area (Å²) in [7, 11) is 0. The molecule has 0 aliphatic heterocycles. The highest BCUT2D eigenvalue weighted by Gasteiger charge is 2.08. The summed E-state index contributed by atoms with van der Waals surface area (Å²) >= 11 is 0. The first kappa shape index (κ1) is 16.5. The Morgan fingerprint density at radius 2 is 0.955 bits per heavy atom. The van der Waals surface area contributed by atoms with Gasteiger partial charge in [-0.1, -0.05) is 98.5 Å². The number of hydrogen-bond donors (Lipinski definition) is 0. The maximum Gasteiger partial charge on any atom is -0.00643 e. The van der Waals surface area contributed by atoms with Crippen molar-refractivity contribution in [2.75, 3.05) is 0 Å². The molecule has 0 aromatic heterocycles. The second-order valence-corrected chi connectivity index (χ2v) is 6.03. The van der Waals surface area contributed by atoms with Gasteiger partial charge in [-0.05, 0) is 36.8 Å². The summed E-state index contributed by atoms with van der Waals surface area (Å²) in [5.41, 5.74) is 6.18. The van der Waals surface area contributed by atoms with Crippen LogP contribution in [0.1, 0.15) is 50.7 Å². The number of benzene rings is 2. The summed E-state index contributed by atoms with van der Waals surface area (Å²) < 4.78 is 0. The van der Waals surface area contributed by atoms with Gasteiger partial charge in [0.25, 0.3) is 0 Å². The van der Waals surface area contributed by atoms with Crippen LogP contribution in [-0.4, -0.2) is 0 Å². The van der Waals surface area contributed by atoms with Crippen LogP contribution in [0.2, 0.25) is 0 Å². The molecule has 0 spiro atoms. The van der Waals surface area contributed by atoms with Crippen LogP contribution in [-0.2, 0) is 12.8 Å². The quantitative estimate of drug-likeness (QED) is 0.496. The van der Waals surface area contributed by atoms with Crippen molar-refractivity contribution in [1.82, 2.24) is 0 Å². The Hall–Kier alpha value is -1.82. The molecule has 0 aliphatic rings. The molecule has 0 aliphatic carbocycles. The van der Waals surface area contributed by atoms with E-state index >= 15 is 0 Å². The molecule has 0 heteroatoms. The molecule has 0 unspecified atom stereocenters. The predicted octanol–water partition coefficient (Wildman–Crippen LogP) is 6.37. The molecule has 0 amide bonds. The smallest absolute Gasteiger partial charge is 0.00643 e. The Morgan fingerprint density at radius 1 is 0.591 bits per heavy atom. The topological polar surface area (TPSA) is 0 Å². The standard InChI is InChI=1S/C22H28/c1-3-11-21(17-19-13-7-5-8-14-19)22(12-4-2)18-20-15-9-6-10-16-20/h5-10,13-16H,3-4,11-12,17-18H2,1-2H3/b22-21-. The molecule has 0 heterocycles. The van der Waals surface area contributed by atoms with Crippen molar-refractivity contribution in [3.8, 4) is 0 Å². The Bertz CT molecular complexity index is 510. The van der Waals surface area contributed by atoms with Crippen LogP contribution in [0.25, 0.3) is 0 Å². The van der Waals surface area contributed by atoms with Gasteiger partial charge in [0, 0.05) is 0 Å². The normalized spacial score (nSPS) is 12.1. The van der Waals surface area contributed by atoms with Crippen LogP contribution in [0, 0.1) is 0 Å². The number of hydrogen-bond acceptors (Lipinski definition) is 0. The van der Waals surface area contributed by atoms with E-state index in [0.29, 0.717) is 0 Å². The van der Waals surface area contributed by atoms with E-state index in [1.165, 1.54) is 36.8 Å². The van der Waals surface area contributed by atoms with Gasteiger partial charge in [-0.15, -0.1) is 0 Å². The first-order valence-corrected chi connectivity index (χ1v) is 8.61. The van der Waals surface area contributed by atoms with Crippen LogP contribution in [0.3, 0.4) is 0 Å². The number of rotatable bonds is 8. The highest BCUT2D eigenvalue weighted by molar-refractivity contribution is 5.29. The molecule has 0 saturated heterocycles. The van der Waals surface area contributed by atoms with Gasteiger partial charge in [0.2, 0.25) is 0 Å². The van der Waals surface area contributed by atoms with Crippen molar-refractivity contribution in [1.29, 1.82) is 0 Å². The fraction of sp³-hybridized carbons (Fsp3) is 0.364. The Labute approximate surface area is 135 Å². The highest BCUT2D eigenvalue weighted by Crippen LogP contribution is 2.24. The third-order valence-corrected chi connectivity index (χ3v) is 4.12. The summed E-state index contributed by atoms with van der Waals surface area (Å²) in [6.45, 7) is 4.58. The van der Waals surface area contributed by atoms with Crippen molar-refractivity contribution in [2.24, 2.45) is 0 Å². The Morgan fingerprint density at radius 3 is 1.27 bits per heavy atom. The molecule has 2 aromatic carbocycles. The summed E-state index contributed by atoms with van der Waals surface area (Å²) in [6, 6.07) is 21.8. The van der Waals surface area contributed by atoms with Gasteiger partial charge >= 0.3 is 0 Å². The van der Waals surface area contributed by atoms with E-state index in [4.69, 9.17) is 0 Å². The van der Waals surface area contributed by atoms with Gasteiger partial charge in [-0.2, -0.15) is 0 Å². The van der Waals surface area contributed by atoms with E-state index in [2.05, 4.69) is 74.5 Å². The molecular formula is C22H28. The first-order valence-electron chi connectivity index (χ1n) is 8.61. The molecular weight excluding hydrogens is 264 g/mol. The lowest BCUT2D eigenvalue weighted by Crippen LogP contribution is -2.01. The maximum atomic E-state index is 2.29. The molecule has 0 atom stereocenters. The molecule has 0 N–H and O–H groups in total. The minimum absolute atomic E-state index is 1.11. The average molecular weight is 292 g/mol. The zero-order valence-corrected chi connectivity index (χ0v) is 14.0. The third-order valence-electron chi connectivity index (χ3n) is 4.12. The van der Waals surface area contributed by atoms with Crippen LogP contribution < -0.4 is 0 Å². The molecule has 2 rings (SSSR count). The maximum absolute atomic E-state index is 2.29. The van der Waals surface area contributed by atoms with Crippen LogP contribution >= 0.6 is 0 Å². The average Bonchev–Trinajstić information content (AvgIpc) is 2.56. The lowest BCUT2D eigenvalue weighted by Gasteiger charge is -2.16. The third kappa shape index (κ3) is 5.18. The van der Waals surface area contributed by atoms with Crippen LogP contribution in [0.4, 0.5) is 0 Å². The molecule has 22 heavy (non-hydrogen) atoms. The SMILES string of the molecule is CCC/C(Cc1ccccc1)=C(\CCC)Cc1ccccc1. The first-order chi connectivity index (χ1) is 10.8. The minimum Gasteiger partial charge on any atom is -0.0663 e. The van der Waals surface area contributed by atoms with Crippen molar-refractivity contribution in [3.63, 3.8) is 0 Å². The van der Waals surface area contributed by atoms with Crippen molar-refractivity contribution in [3.05, 3.63) is 82.9 Å². The molecule has 0 radical (unpaired) electrons. The van der Waals surface area contributed by atoms with Gasteiger partial charge in [0.1, 0.15) is 0 Å². The summed E-state index contributed by atoms with van der Waals surface area (Å²) in [5, 5.41) is 0. The van der Waals surface area contributed by atoms with Crippen molar-refractivity contribution < 1.29 is 0 Å². The zero-order chi connectivity index (χ0) is 15.6. The lowest BCUT2D eigenvalue weighted by atomic mass is 9.90. The van der Waals surface area contributed by atoms with Gasteiger partial charge in [0.05, 0.1) is 0 Å². The molecule has 2 aromatic rings. The second-order valence-electron chi connectivity index (χ2n) is 6.03. The van der Waals surface area contributed by atoms with Crippen molar-refractivity contribution in [2.45, 2.75) is 52.4 Å². The van der Waals surface area contributed by atoms with E-state index < -0.39 is 0 Å². The predicted molar refractivity (Wildman–Crippen MR) is 97.1 cm³/mol. The molecule has 0 nitrogen and oxygen atoms in total. The molecule has 0 saturated carbocycles. The number of allylic oxidation sites excluding steroid dienone is 2. The Kier molecular flexibility index (Phi) is 6.96. The van der Waals surface area contributed by atoms with Gasteiger partial charge < -0.3 is 0 Å². The van der Waals surface area contributed by atoms with E-state index in [-0.39, 0.29) is 0 Å². The largest absolute Gasteiger partial charge is 0.0663 e. The lowest BCUT2D eigenvalue weighted by molar-refractivity contribution is 0.789. The fourth-order valence-electron chi connectivity index (χ4n) is 3.07. The van der Waals surface area contributed by atoms with Crippen LogP contribution in [0.5, 0.6) is 0 Å².